The van der Waals surface area contributed by atoms with Crippen LogP contribution in [0, 0.1) is 11.6 Å². The van der Waals surface area contributed by atoms with Crippen molar-refractivity contribution in [3.05, 3.63) is 47.5 Å². The topological polar surface area (TPSA) is 67.1 Å². The Labute approximate surface area is 175 Å². The van der Waals surface area contributed by atoms with Crippen molar-refractivity contribution in [2.24, 2.45) is 4.99 Å². The summed E-state index contributed by atoms with van der Waals surface area (Å²) < 4.78 is 29.0. The summed E-state index contributed by atoms with van der Waals surface area (Å²) >= 11 is 0. The smallest absolute Gasteiger partial charge is 0.191 e. The van der Waals surface area contributed by atoms with Crippen LogP contribution >= 0.6 is 24.0 Å². The number of hydrogen-bond donors (Lipinski definition) is 2. The van der Waals surface area contributed by atoms with Gasteiger partial charge in [-0.2, -0.15) is 0 Å². The molecule has 0 aliphatic heterocycles. The molecule has 150 valence electrons. The molecule has 6 nitrogen and oxygen atoms in total. The Morgan fingerprint density at radius 1 is 1.30 bits per heavy atom. The fourth-order valence-electron chi connectivity index (χ4n) is 2.55. The quantitative estimate of drug-likeness (QED) is 0.337. The van der Waals surface area contributed by atoms with Gasteiger partial charge < -0.3 is 15.2 Å². The van der Waals surface area contributed by atoms with Crippen LogP contribution in [0.15, 0.2) is 29.5 Å². The molecule has 0 spiro atoms. The number of nitrogens with zero attached hydrogens (tertiary/aromatic N) is 4. The Hall–Kier alpha value is -1.78. The average molecular weight is 492 g/mol. The lowest BCUT2D eigenvalue weighted by atomic mass is 10.1. The van der Waals surface area contributed by atoms with Crippen molar-refractivity contribution in [2.45, 2.75) is 46.2 Å². The molecule has 1 atom stereocenters. The molecule has 9 heteroatoms. The van der Waals surface area contributed by atoms with E-state index in [1.165, 1.54) is 12.1 Å². The van der Waals surface area contributed by atoms with Gasteiger partial charge in [-0.15, -0.1) is 34.2 Å². The Morgan fingerprint density at radius 2 is 2.07 bits per heavy atom. The largest absolute Gasteiger partial charge is 0.355 e. The molecule has 0 saturated carbocycles. The van der Waals surface area contributed by atoms with Gasteiger partial charge in [0.15, 0.2) is 5.96 Å². The Kier molecular flexibility index (Phi) is 10.2. The highest BCUT2D eigenvalue weighted by Gasteiger charge is 2.13. The zero-order chi connectivity index (χ0) is 18.9. The van der Waals surface area contributed by atoms with Gasteiger partial charge in [-0.3, -0.25) is 4.99 Å². The van der Waals surface area contributed by atoms with Crippen LogP contribution in [0.5, 0.6) is 0 Å². The molecule has 0 saturated heterocycles. The predicted octanol–water partition coefficient (Wildman–Crippen LogP) is 3.44. The Bertz CT molecular complexity index is 734. The second-order valence-corrected chi connectivity index (χ2v) is 5.98. The fraction of sp³-hybridized carbons (Fsp3) is 0.500. The van der Waals surface area contributed by atoms with Gasteiger partial charge in [-0.05, 0) is 19.4 Å². The van der Waals surface area contributed by atoms with E-state index in [4.69, 9.17) is 0 Å². The van der Waals surface area contributed by atoms with Gasteiger partial charge in [0.2, 0.25) is 0 Å². The molecule has 2 rings (SSSR count). The van der Waals surface area contributed by atoms with Crippen LogP contribution < -0.4 is 10.6 Å². The highest BCUT2D eigenvalue weighted by Crippen LogP contribution is 2.17. The van der Waals surface area contributed by atoms with E-state index in [9.17, 15) is 8.78 Å². The lowest BCUT2D eigenvalue weighted by Gasteiger charge is -2.19. The standard InChI is InChI=1S/C18H26F2N6.HI/c1-4-8-21-18(22-9-10-26-12-23-25-17(26)5-2)24-13(3)15-7-6-14(19)11-16(15)20;/h6-7,11-13H,4-5,8-10H2,1-3H3,(H2,21,22,24);1H. The summed E-state index contributed by atoms with van der Waals surface area (Å²) in [6.07, 6.45) is 3.42. The first-order chi connectivity index (χ1) is 12.5. The van der Waals surface area contributed by atoms with E-state index in [-0.39, 0.29) is 30.0 Å². The Morgan fingerprint density at radius 3 is 2.74 bits per heavy atom. The lowest BCUT2D eigenvalue weighted by Crippen LogP contribution is -2.40. The normalized spacial score (nSPS) is 12.4. The molecule has 1 aromatic carbocycles. The van der Waals surface area contributed by atoms with E-state index in [1.807, 2.05) is 25.3 Å². The molecular formula is C18H27F2IN6. The van der Waals surface area contributed by atoms with Gasteiger partial charge in [0.05, 0.1) is 6.04 Å². The number of benzene rings is 1. The van der Waals surface area contributed by atoms with Crippen molar-refractivity contribution in [1.82, 2.24) is 25.4 Å². The molecule has 0 radical (unpaired) electrons. The predicted molar refractivity (Wildman–Crippen MR) is 113 cm³/mol. The summed E-state index contributed by atoms with van der Waals surface area (Å²) in [6, 6.07) is 3.25. The molecule has 0 aliphatic rings. The van der Waals surface area contributed by atoms with Crippen LogP contribution in [-0.2, 0) is 13.0 Å². The van der Waals surface area contributed by atoms with Gasteiger partial charge in [-0.1, -0.05) is 19.9 Å². The molecule has 1 aromatic heterocycles. The first kappa shape index (κ1) is 23.3. The van der Waals surface area contributed by atoms with Crippen molar-refractivity contribution in [2.75, 3.05) is 13.1 Å². The highest BCUT2D eigenvalue weighted by atomic mass is 127. The minimum Gasteiger partial charge on any atom is -0.355 e. The summed E-state index contributed by atoms with van der Waals surface area (Å²) in [5, 5.41) is 14.4. The molecule has 0 amide bonds. The van der Waals surface area contributed by atoms with E-state index >= 15 is 0 Å². The number of aryl methyl sites for hydroxylation is 1. The molecule has 0 fully saturated rings. The fourth-order valence-corrected chi connectivity index (χ4v) is 2.55. The van der Waals surface area contributed by atoms with Gasteiger partial charge in [0.1, 0.15) is 23.8 Å². The molecule has 0 bridgehead atoms. The molecule has 0 aliphatic carbocycles. The molecule has 1 heterocycles. The third kappa shape index (κ3) is 7.04. The van der Waals surface area contributed by atoms with E-state index in [0.29, 0.717) is 31.2 Å². The van der Waals surface area contributed by atoms with Crippen molar-refractivity contribution in [1.29, 1.82) is 0 Å². The molecule has 2 N–H and O–H groups in total. The van der Waals surface area contributed by atoms with Crippen molar-refractivity contribution < 1.29 is 8.78 Å². The SMILES string of the molecule is CCCN=C(NCCn1cnnc1CC)NC(C)c1ccc(F)cc1F.I. The summed E-state index contributed by atoms with van der Waals surface area (Å²) in [4.78, 5) is 4.47. The van der Waals surface area contributed by atoms with Crippen LogP contribution in [0.3, 0.4) is 0 Å². The van der Waals surface area contributed by atoms with Gasteiger partial charge in [0, 0.05) is 37.7 Å². The number of aliphatic imine (C=N–C) groups is 1. The maximum Gasteiger partial charge on any atom is 0.191 e. The number of rotatable bonds is 8. The van der Waals surface area contributed by atoms with Crippen LogP contribution in [0.25, 0.3) is 0 Å². The number of nitrogens with one attached hydrogen (secondary N) is 2. The third-order valence-corrected chi connectivity index (χ3v) is 3.93. The Balaban J connectivity index is 0.00000364. The second-order valence-electron chi connectivity index (χ2n) is 5.98. The zero-order valence-electron chi connectivity index (χ0n) is 15.9. The van der Waals surface area contributed by atoms with E-state index in [1.54, 1.807) is 6.33 Å². The summed E-state index contributed by atoms with van der Waals surface area (Å²) in [7, 11) is 0. The van der Waals surface area contributed by atoms with Crippen LogP contribution in [-0.4, -0.2) is 33.8 Å². The lowest BCUT2D eigenvalue weighted by molar-refractivity contribution is 0.549. The van der Waals surface area contributed by atoms with Crippen molar-refractivity contribution >= 4 is 29.9 Å². The van der Waals surface area contributed by atoms with Crippen LogP contribution in [0.2, 0.25) is 0 Å². The molecular weight excluding hydrogens is 465 g/mol. The summed E-state index contributed by atoms with van der Waals surface area (Å²) in [5.74, 6) is 0.358. The third-order valence-electron chi connectivity index (χ3n) is 3.93. The first-order valence-electron chi connectivity index (χ1n) is 8.91. The van der Waals surface area contributed by atoms with Crippen LogP contribution in [0.1, 0.15) is 44.6 Å². The monoisotopic (exact) mass is 492 g/mol. The van der Waals surface area contributed by atoms with Crippen molar-refractivity contribution in [3.63, 3.8) is 0 Å². The van der Waals surface area contributed by atoms with E-state index in [2.05, 4.69) is 25.8 Å². The highest BCUT2D eigenvalue weighted by molar-refractivity contribution is 14.0. The van der Waals surface area contributed by atoms with Crippen LogP contribution in [0.4, 0.5) is 8.78 Å². The minimum absolute atomic E-state index is 0. The van der Waals surface area contributed by atoms with Gasteiger partial charge in [-0.25, -0.2) is 8.78 Å². The maximum absolute atomic E-state index is 14.0. The minimum atomic E-state index is -0.586. The number of hydrogen-bond acceptors (Lipinski definition) is 3. The van der Waals surface area contributed by atoms with Crippen molar-refractivity contribution in [3.8, 4) is 0 Å². The average Bonchev–Trinajstić information content (AvgIpc) is 3.06. The molecule has 1 unspecified atom stereocenters. The second kappa shape index (κ2) is 11.8. The maximum atomic E-state index is 14.0. The van der Waals surface area contributed by atoms with E-state index < -0.39 is 11.6 Å². The van der Waals surface area contributed by atoms with Gasteiger partial charge >= 0.3 is 0 Å². The van der Waals surface area contributed by atoms with Gasteiger partial charge in [0.25, 0.3) is 0 Å². The number of halogens is 3. The zero-order valence-corrected chi connectivity index (χ0v) is 18.2. The summed E-state index contributed by atoms with van der Waals surface area (Å²) in [5.41, 5.74) is 0.393. The molecule has 27 heavy (non-hydrogen) atoms. The number of aromatic nitrogens is 3. The number of guanidine groups is 1. The first-order valence-corrected chi connectivity index (χ1v) is 8.91. The molecule has 2 aromatic rings. The summed E-state index contributed by atoms with van der Waals surface area (Å²) in [6.45, 7) is 7.86. The van der Waals surface area contributed by atoms with E-state index in [0.717, 1.165) is 24.7 Å².